The molecule has 0 fully saturated rings. The molecule has 0 aliphatic rings. The highest BCUT2D eigenvalue weighted by Crippen LogP contribution is 2.21. The summed E-state index contributed by atoms with van der Waals surface area (Å²) in [6.07, 6.45) is 6.78. The van der Waals surface area contributed by atoms with E-state index in [4.69, 9.17) is 11.6 Å². The number of pyridine rings is 2. The highest BCUT2D eigenvalue weighted by Gasteiger charge is 2.05. The minimum Gasteiger partial charge on any atom is -0.265 e. The van der Waals surface area contributed by atoms with Crippen LogP contribution in [0.15, 0.2) is 43.0 Å². The first-order chi connectivity index (χ1) is 8.34. The van der Waals surface area contributed by atoms with Gasteiger partial charge < -0.3 is 0 Å². The highest BCUT2D eigenvalue weighted by atomic mass is 35.5. The molecule has 0 atom stereocenters. The standard InChI is InChI=1S/C12H7ClN4/c13-11-10-9(3-6-15-11)7-16-12(17-10)8-1-4-14-5-2-8/h1-7H. The summed E-state index contributed by atoms with van der Waals surface area (Å²) in [5, 5.41) is 1.27. The van der Waals surface area contributed by atoms with Gasteiger partial charge in [0, 0.05) is 35.7 Å². The normalized spacial score (nSPS) is 10.6. The van der Waals surface area contributed by atoms with Crippen LogP contribution in [-0.4, -0.2) is 19.9 Å². The molecule has 0 bridgehead atoms. The molecular formula is C12H7ClN4. The minimum absolute atomic E-state index is 0.389. The van der Waals surface area contributed by atoms with E-state index in [0.717, 1.165) is 10.9 Å². The average Bonchev–Trinajstić information content (AvgIpc) is 2.40. The lowest BCUT2D eigenvalue weighted by Gasteiger charge is -2.02. The van der Waals surface area contributed by atoms with Crippen molar-refractivity contribution in [1.29, 1.82) is 0 Å². The zero-order chi connectivity index (χ0) is 11.7. The van der Waals surface area contributed by atoms with Crippen LogP contribution in [0.4, 0.5) is 0 Å². The zero-order valence-corrected chi connectivity index (χ0v) is 9.46. The van der Waals surface area contributed by atoms with Crippen molar-refractivity contribution in [3.63, 3.8) is 0 Å². The maximum Gasteiger partial charge on any atom is 0.160 e. The van der Waals surface area contributed by atoms with Gasteiger partial charge in [-0.3, -0.25) is 4.98 Å². The zero-order valence-electron chi connectivity index (χ0n) is 8.71. The topological polar surface area (TPSA) is 51.6 Å². The van der Waals surface area contributed by atoms with Crippen molar-refractivity contribution in [2.24, 2.45) is 0 Å². The van der Waals surface area contributed by atoms with Gasteiger partial charge in [0.1, 0.15) is 5.52 Å². The van der Waals surface area contributed by atoms with Crippen molar-refractivity contribution in [2.75, 3.05) is 0 Å². The Kier molecular flexibility index (Phi) is 2.42. The average molecular weight is 243 g/mol. The summed E-state index contributed by atoms with van der Waals surface area (Å²) >= 11 is 6.00. The lowest BCUT2D eigenvalue weighted by atomic mass is 10.2. The minimum atomic E-state index is 0.389. The van der Waals surface area contributed by atoms with Gasteiger partial charge in [0.15, 0.2) is 11.0 Å². The smallest absolute Gasteiger partial charge is 0.160 e. The van der Waals surface area contributed by atoms with E-state index in [-0.39, 0.29) is 0 Å². The molecule has 0 spiro atoms. The van der Waals surface area contributed by atoms with Crippen LogP contribution in [0.3, 0.4) is 0 Å². The summed E-state index contributed by atoms with van der Waals surface area (Å²) < 4.78 is 0. The molecule has 3 rings (SSSR count). The molecule has 3 aromatic heterocycles. The second-order valence-electron chi connectivity index (χ2n) is 3.47. The molecule has 82 valence electrons. The molecule has 4 nitrogen and oxygen atoms in total. The van der Waals surface area contributed by atoms with Crippen LogP contribution in [0.5, 0.6) is 0 Å². The number of aromatic nitrogens is 4. The molecule has 17 heavy (non-hydrogen) atoms. The Balaban J connectivity index is 2.23. The van der Waals surface area contributed by atoms with Gasteiger partial charge in [-0.15, -0.1) is 0 Å². The Morgan fingerprint density at radius 1 is 0.941 bits per heavy atom. The van der Waals surface area contributed by atoms with E-state index in [1.165, 1.54) is 0 Å². The van der Waals surface area contributed by atoms with Crippen molar-refractivity contribution in [3.8, 4) is 11.4 Å². The van der Waals surface area contributed by atoms with Crippen molar-refractivity contribution in [1.82, 2.24) is 19.9 Å². The van der Waals surface area contributed by atoms with Crippen LogP contribution in [0.25, 0.3) is 22.3 Å². The SMILES string of the molecule is Clc1nccc2cnc(-c3ccncc3)nc12. The molecule has 3 heterocycles. The summed E-state index contributed by atoms with van der Waals surface area (Å²) in [5.41, 5.74) is 1.57. The summed E-state index contributed by atoms with van der Waals surface area (Å²) in [6, 6.07) is 5.54. The van der Waals surface area contributed by atoms with E-state index < -0.39 is 0 Å². The molecule has 0 radical (unpaired) electrons. The molecule has 0 aliphatic heterocycles. The quantitative estimate of drug-likeness (QED) is 0.616. The largest absolute Gasteiger partial charge is 0.265 e. The number of hydrogen-bond donors (Lipinski definition) is 0. The first-order valence-electron chi connectivity index (χ1n) is 5.02. The van der Waals surface area contributed by atoms with E-state index in [2.05, 4.69) is 19.9 Å². The fourth-order valence-corrected chi connectivity index (χ4v) is 1.77. The molecule has 0 aliphatic carbocycles. The predicted octanol–water partition coefficient (Wildman–Crippen LogP) is 2.74. The van der Waals surface area contributed by atoms with Gasteiger partial charge in [-0.25, -0.2) is 15.0 Å². The Labute approximate surface area is 102 Å². The Bertz CT molecular complexity index is 670. The molecule has 0 aromatic carbocycles. The molecule has 3 aromatic rings. The van der Waals surface area contributed by atoms with E-state index in [1.807, 2.05) is 18.2 Å². The van der Waals surface area contributed by atoms with Crippen molar-refractivity contribution in [3.05, 3.63) is 48.1 Å². The lowest BCUT2D eigenvalue weighted by molar-refractivity contribution is 1.20. The molecule has 0 amide bonds. The maximum absolute atomic E-state index is 6.00. The molecule has 5 heteroatoms. The van der Waals surface area contributed by atoms with Crippen LogP contribution in [-0.2, 0) is 0 Å². The highest BCUT2D eigenvalue weighted by molar-refractivity contribution is 6.33. The van der Waals surface area contributed by atoms with Crippen molar-refractivity contribution in [2.45, 2.75) is 0 Å². The first kappa shape index (κ1) is 10.1. The van der Waals surface area contributed by atoms with E-state index >= 15 is 0 Å². The Morgan fingerprint density at radius 3 is 2.59 bits per heavy atom. The van der Waals surface area contributed by atoms with Gasteiger partial charge in [0.05, 0.1) is 0 Å². The second-order valence-corrected chi connectivity index (χ2v) is 3.83. The summed E-state index contributed by atoms with van der Waals surface area (Å²) in [6.45, 7) is 0. The van der Waals surface area contributed by atoms with Crippen LogP contribution in [0.1, 0.15) is 0 Å². The summed E-state index contributed by atoms with van der Waals surface area (Å²) in [7, 11) is 0. The van der Waals surface area contributed by atoms with Crippen LogP contribution < -0.4 is 0 Å². The van der Waals surface area contributed by atoms with Gasteiger partial charge in [0.25, 0.3) is 0 Å². The van der Waals surface area contributed by atoms with Gasteiger partial charge >= 0.3 is 0 Å². The third kappa shape index (κ3) is 1.83. The fraction of sp³-hybridized carbons (Fsp3) is 0. The fourth-order valence-electron chi connectivity index (χ4n) is 1.56. The first-order valence-corrected chi connectivity index (χ1v) is 5.40. The molecule has 0 saturated carbocycles. The summed E-state index contributed by atoms with van der Waals surface area (Å²) in [5.74, 6) is 0.620. The van der Waals surface area contributed by atoms with Crippen LogP contribution in [0.2, 0.25) is 5.15 Å². The van der Waals surface area contributed by atoms with Crippen LogP contribution >= 0.6 is 11.6 Å². The number of hydrogen-bond acceptors (Lipinski definition) is 4. The van der Waals surface area contributed by atoms with E-state index in [1.54, 1.807) is 24.8 Å². The molecule has 0 unspecified atom stereocenters. The lowest BCUT2D eigenvalue weighted by Crippen LogP contribution is -1.91. The van der Waals surface area contributed by atoms with Crippen molar-refractivity contribution >= 4 is 22.5 Å². The van der Waals surface area contributed by atoms with Crippen molar-refractivity contribution < 1.29 is 0 Å². The number of halogens is 1. The molecule has 0 N–H and O–H groups in total. The number of rotatable bonds is 1. The van der Waals surface area contributed by atoms with Gasteiger partial charge in [0.2, 0.25) is 0 Å². The Morgan fingerprint density at radius 2 is 1.76 bits per heavy atom. The Hall–Kier alpha value is -2.07. The number of fused-ring (bicyclic) bond motifs is 1. The maximum atomic E-state index is 6.00. The molecule has 0 saturated heterocycles. The molecular weight excluding hydrogens is 236 g/mol. The van der Waals surface area contributed by atoms with E-state index in [9.17, 15) is 0 Å². The third-order valence-corrected chi connectivity index (χ3v) is 2.67. The van der Waals surface area contributed by atoms with Gasteiger partial charge in [-0.05, 0) is 18.2 Å². The predicted molar refractivity (Wildman–Crippen MR) is 65.6 cm³/mol. The van der Waals surface area contributed by atoms with E-state index in [0.29, 0.717) is 16.5 Å². The number of nitrogens with zero attached hydrogens (tertiary/aromatic N) is 4. The summed E-state index contributed by atoms with van der Waals surface area (Å²) in [4.78, 5) is 16.7. The third-order valence-electron chi connectivity index (χ3n) is 2.39. The monoisotopic (exact) mass is 242 g/mol. The van der Waals surface area contributed by atoms with Gasteiger partial charge in [-0.1, -0.05) is 11.6 Å². The van der Waals surface area contributed by atoms with Gasteiger partial charge in [-0.2, -0.15) is 0 Å². The second kappa shape index (κ2) is 4.07. The van der Waals surface area contributed by atoms with Crippen LogP contribution in [0, 0.1) is 0 Å².